The number of rotatable bonds is 22. The van der Waals surface area contributed by atoms with Gasteiger partial charge in [-0.1, -0.05) is 15.1 Å². The molecule has 0 atom stereocenters. The summed E-state index contributed by atoms with van der Waals surface area (Å²) < 4.78 is 78.5. The SMILES string of the molecule is COc1ccc(S(=O)(=O)CCOSOOO)cc1N=Nc1c(SOOO)cc2c(N=Nc3ccc(S(=O)(=O)CCOSOOO)cc3)c(N)ccc2c1O. The second kappa shape index (κ2) is 20.8. The van der Waals surface area contributed by atoms with E-state index in [0.29, 0.717) is 12.0 Å². The van der Waals surface area contributed by atoms with Crippen molar-refractivity contribution in [1.29, 1.82) is 0 Å². The summed E-state index contributed by atoms with van der Waals surface area (Å²) in [4.78, 5) is -0.194. The molecule has 292 valence electrons. The Kier molecular flexibility index (Phi) is 16.6. The number of benzene rings is 4. The van der Waals surface area contributed by atoms with Gasteiger partial charge in [-0.2, -0.15) is 5.11 Å². The van der Waals surface area contributed by atoms with E-state index in [1.165, 1.54) is 67.8 Å². The Balaban J connectivity index is 1.65. The highest BCUT2D eigenvalue weighted by molar-refractivity contribution is 7.94. The number of sulfone groups is 2. The molecule has 22 nitrogen and oxygen atoms in total. The Morgan fingerprint density at radius 3 is 1.89 bits per heavy atom. The molecule has 0 unspecified atom stereocenters. The van der Waals surface area contributed by atoms with E-state index < -0.39 is 36.9 Å². The third kappa shape index (κ3) is 11.6. The first-order valence-corrected chi connectivity index (χ1v) is 19.7. The number of nitrogens with two attached hydrogens (primary N) is 1. The Hall–Kier alpha value is -3.75. The van der Waals surface area contributed by atoms with Crippen LogP contribution in [-0.4, -0.2) is 69.5 Å². The van der Waals surface area contributed by atoms with Crippen LogP contribution in [0.25, 0.3) is 10.8 Å². The highest BCUT2D eigenvalue weighted by Crippen LogP contribution is 2.48. The van der Waals surface area contributed by atoms with E-state index in [9.17, 15) is 21.9 Å². The number of nitrogens with zero attached hydrogens (tertiary/aromatic N) is 4. The van der Waals surface area contributed by atoms with Crippen molar-refractivity contribution in [3.63, 3.8) is 0 Å². The molecule has 4 rings (SSSR count). The average molecular weight is 854 g/mol. The number of phenols is 1. The Morgan fingerprint density at radius 1 is 0.685 bits per heavy atom. The number of phenolic OH excluding ortho intramolecular Hbond substituents is 1. The molecule has 0 aromatic heterocycles. The van der Waals surface area contributed by atoms with E-state index >= 15 is 0 Å². The van der Waals surface area contributed by atoms with Crippen LogP contribution in [0.2, 0.25) is 0 Å². The maximum Gasteiger partial charge on any atom is 0.197 e. The largest absolute Gasteiger partial charge is 0.505 e. The van der Waals surface area contributed by atoms with Crippen LogP contribution in [0.4, 0.5) is 28.4 Å². The first-order chi connectivity index (χ1) is 25.9. The molecule has 0 saturated heterocycles. The minimum atomic E-state index is -3.93. The standard InChI is InChI=1S/C27H27N5O17S5/c1-41-23-9-6-18(54(39,40)13-11-43-52-49-46-36)14-22(23)30-32-26-24(50-47-44-34)15-20-19(27(26)33)7-8-21(28)25(20)31-29-16-2-4-17(5-3-16)53(37,38)12-10-42-51-48-45-35/h2-9,14-15,33-36H,10-13,28H2,1H3. The lowest BCUT2D eigenvalue weighted by Gasteiger charge is -2.12. The van der Waals surface area contributed by atoms with Crippen molar-refractivity contribution in [2.24, 2.45) is 20.5 Å². The van der Waals surface area contributed by atoms with Crippen LogP contribution in [0, 0.1) is 0 Å². The van der Waals surface area contributed by atoms with E-state index in [-0.39, 0.29) is 97.5 Å². The highest BCUT2D eigenvalue weighted by atomic mass is 32.2. The molecular formula is C27H27N5O17S5. The van der Waals surface area contributed by atoms with Crippen LogP contribution >= 0.6 is 36.7 Å². The smallest absolute Gasteiger partial charge is 0.197 e. The number of anilines is 1. The predicted molar refractivity (Wildman–Crippen MR) is 189 cm³/mol. The number of nitrogen functional groups attached to an aromatic ring is 1. The maximum absolute atomic E-state index is 12.9. The molecule has 0 spiro atoms. The van der Waals surface area contributed by atoms with Crippen molar-refractivity contribution in [2.75, 3.05) is 37.6 Å². The molecule has 4 aromatic rings. The van der Waals surface area contributed by atoms with Gasteiger partial charge in [-0.05, 0) is 60.7 Å². The molecule has 0 aliphatic rings. The molecule has 0 aliphatic carbocycles. The number of fused-ring (bicyclic) bond motifs is 1. The second-order valence-electron chi connectivity index (χ2n) is 9.83. The number of hydrogen-bond acceptors (Lipinski definition) is 25. The van der Waals surface area contributed by atoms with Gasteiger partial charge in [-0.15, -0.1) is 28.3 Å². The molecule has 0 radical (unpaired) electrons. The van der Waals surface area contributed by atoms with Crippen LogP contribution in [0.15, 0.2) is 95.8 Å². The molecule has 27 heteroatoms. The quantitative estimate of drug-likeness (QED) is 0.0133. The van der Waals surface area contributed by atoms with Crippen molar-refractivity contribution in [3.8, 4) is 11.5 Å². The third-order valence-corrected chi connectivity index (χ3v) is 11.5. The van der Waals surface area contributed by atoms with Gasteiger partial charge in [-0.25, -0.2) is 32.6 Å². The van der Waals surface area contributed by atoms with E-state index in [1.54, 1.807) is 0 Å². The summed E-state index contributed by atoms with van der Waals surface area (Å²) in [5.41, 5.74) is 6.40. The molecule has 4 aromatic carbocycles. The normalized spacial score (nSPS) is 12.4. The fourth-order valence-corrected chi connectivity index (χ4v) is 7.60. The minimum Gasteiger partial charge on any atom is -0.505 e. The zero-order valence-electron chi connectivity index (χ0n) is 27.1. The van der Waals surface area contributed by atoms with Crippen LogP contribution in [-0.2, 0) is 56.2 Å². The van der Waals surface area contributed by atoms with Gasteiger partial charge in [0.25, 0.3) is 0 Å². The Morgan fingerprint density at radius 2 is 1.28 bits per heavy atom. The van der Waals surface area contributed by atoms with Gasteiger partial charge in [0.15, 0.2) is 50.1 Å². The summed E-state index contributed by atoms with van der Waals surface area (Å²) in [5.74, 6) is -1.24. The summed E-state index contributed by atoms with van der Waals surface area (Å²) in [5, 5.41) is 63.9. The van der Waals surface area contributed by atoms with Gasteiger partial charge in [0.2, 0.25) is 0 Å². The number of methoxy groups -OCH3 is 1. The van der Waals surface area contributed by atoms with Gasteiger partial charge in [-0.3, -0.25) is 8.37 Å². The van der Waals surface area contributed by atoms with E-state index in [1.807, 2.05) is 0 Å². The predicted octanol–water partition coefficient (Wildman–Crippen LogP) is 6.94. The highest BCUT2D eigenvalue weighted by Gasteiger charge is 2.21. The molecule has 0 amide bonds. The lowest BCUT2D eigenvalue weighted by Crippen LogP contribution is -2.11. The fourth-order valence-electron chi connectivity index (χ4n) is 4.27. The minimum absolute atomic E-state index is 0.0127. The van der Waals surface area contributed by atoms with Crippen molar-refractivity contribution in [2.45, 2.75) is 14.7 Å². The topological polar surface area (TPSA) is 308 Å². The van der Waals surface area contributed by atoms with Gasteiger partial charge < -0.3 is 15.6 Å². The summed E-state index contributed by atoms with van der Waals surface area (Å²) in [6, 6.07) is 13.5. The van der Waals surface area contributed by atoms with E-state index in [4.69, 9.17) is 34.6 Å². The maximum atomic E-state index is 12.9. The van der Waals surface area contributed by atoms with Crippen LogP contribution < -0.4 is 10.5 Å². The number of azo groups is 2. The zero-order valence-corrected chi connectivity index (χ0v) is 31.2. The Labute approximate surface area is 318 Å². The number of aromatic hydroxyl groups is 1. The molecule has 54 heavy (non-hydrogen) atoms. The zero-order chi connectivity index (χ0) is 39.1. The number of hydrogen-bond donors (Lipinski definition) is 5. The van der Waals surface area contributed by atoms with Crippen LogP contribution in [0.3, 0.4) is 0 Å². The van der Waals surface area contributed by atoms with Crippen LogP contribution in [0.5, 0.6) is 11.5 Å². The first-order valence-electron chi connectivity index (χ1n) is 14.3. The monoisotopic (exact) mass is 853 g/mol. The van der Waals surface area contributed by atoms with Crippen molar-refractivity contribution < 1.29 is 78.9 Å². The second-order valence-corrected chi connectivity index (χ2v) is 15.8. The molecule has 0 fully saturated rings. The van der Waals surface area contributed by atoms with Crippen molar-refractivity contribution in [3.05, 3.63) is 60.7 Å². The average Bonchev–Trinajstić information content (AvgIpc) is 3.16. The van der Waals surface area contributed by atoms with Gasteiger partial charge >= 0.3 is 0 Å². The summed E-state index contributed by atoms with van der Waals surface area (Å²) >= 11 is 0.886. The molecular weight excluding hydrogens is 827 g/mol. The molecule has 0 aliphatic heterocycles. The summed E-state index contributed by atoms with van der Waals surface area (Å²) in [6.07, 6.45) is 0. The summed E-state index contributed by atoms with van der Waals surface area (Å²) in [6.45, 7) is -0.607. The van der Waals surface area contributed by atoms with Crippen molar-refractivity contribution >= 4 is 95.6 Å². The third-order valence-electron chi connectivity index (χ3n) is 6.70. The molecule has 0 saturated carbocycles. The van der Waals surface area contributed by atoms with E-state index in [0.717, 1.165) is 0 Å². The lowest BCUT2D eigenvalue weighted by molar-refractivity contribution is -0.434. The fraction of sp³-hybridized carbons (Fsp3) is 0.185. The van der Waals surface area contributed by atoms with Gasteiger partial charge in [0.1, 0.15) is 22.8 Å². The first kappa shape index (κ1) is 43.0. The van der Waals surface area contributed by atoms with Gasteiger partial charge in [0, 0.05) is 10.8 Å². The molecule has 0 heterocycles. The van der Waals surface area contributed by atoms with Crippen molar-refractivity contribution in [1.82, 2.24) is 0 Å². The number of ether oxygens (including phenoxy) is 1. The lowest BCUT2D eigenvalue weighted by atomic mass is 10.1. The molecule has 6 N–H and O–H groups in total. The summed E-state index contributed by atoms with van der Waals surface area (Å²) in [7, 11) is -6.37. The molecule has 0 bridgehead atoms. The van der Waals surface area contributed by atoms with Gasteiger partial charge in [0.05, 0.1) is 69.9 Å². The van der Waals surface area contributed by atoms with Crippen LogP contribution in [0.1, 0.15) is 0 Å². The Bertz CT molecular complexity index is 2160. The van der Waals surface area contributed by atoms with E-state index in [2.05, 4.69) is 48.6 Å².